The Balaban J connectivity index is 1.59. The van der Waals surface area contributed by atoms with Gasteiger partial charge in [-0.25, -0.2) is 13.8 Å². The van der Waals surface area contributed by atoms with Gasteiger partial charge in [0.25, 0.3) is 5.91 Å². The van der Waals surface area contributed by atoms with Gasteiger partial charge in [-0.3, -0.25) is 4.79 Å². The van der Waals surface area contributed by atoms with Crippen LogP contribution in [0, 0.1) is 11.6 Å². The summed E-state index contributed by atoms with van der Waals surface area (Å²) >= 11 is 0. The minimum absolute atomic E-state index is 0.210. The molecule has 1 fully saturated rings. The molecule has 0 radical (unpaired) electrons. The summed E-state index contributed by atoms with van der Waals surface area (Å²) < 4.78 is 26.8. The van der Waals surface area contributed by atoms with E-state index in [0.29, 0.717) is 0 Å². The summed E-state index contributed by atoms with van der Waals surface area (Å²) in [5.74, 6) is -1.09. The van der Waals surface area contributed by atoms with Crippen LogP contribution in [-0.2, 0) is 6.54 Å². The molecule has 132 valence electrons. The van der Waals surface area contributed by atoms with E-state index in [1.807, 2.05) is 12.1 Å². The predicted octanol–water partition coefficient (Wildman–Crippen LogP) is 3.67. The molecule has 0 aliphatic carbocycles. The fraction of sp³-hybridized carbons (Fsp3) is 0.368. The maximum absolute atomic E-state index is 13.6. The highest BCUT2D eigenvalue weighted by Crippen LogP contribution is 2.17. The smallest absolute Gasteiger partial charge is 0.254 e. The lowest BCUT2D eigenvalue weighted by Crippen LogP contribution is -2.25. The van der Waals surface area contributed by atoms with E-state index in [1.54, 1.807) is 6.20 Å². The maximum Gasteiger partial charge on any atom is 0.254 e. The number of hydrogen-bond donors (Lipinski definition) is 1. The third-order valence-corrected chi connectivity index (χ3v) is 4.37. The van der Waals surface area contributed by atoms with E-state index in [-0.39, 0.29) is 12.1 Å². The Morgan fingerprint density at radius 3 is 2.52 bits per heavy atom. The van der Waals surface area contributed by atoms with E-state index in [4.69, 9.17) is 0 Å². The number of aromatic nitrogens is 1. The largest absolute Gasteiger partial charge is 0.357 e. The number of benzene rings is 1. The lowest BCUT2D eigenvalue weighted by Gasteiger charge is -2.21. The molecule has 0 atom stereocenters. The summed E-state index contributed by atoms with van der Waals surface area (Å²) in [7, 11) is 0. The Hall–Kier alpha value is -2.50. The Bertz CT molecular complexity index is 726. The molecule has 3 rings (SSSR count). The van der Waals surface area contributed by atoms with E-state index >= 15 is 0 Å². The van der Waals surface area contributed by atoms with Gasteiger partial charge >= 0.3 is 0 Å². The van der Waals surface area contributed by atoms with Crippen LogP contribution in [-0.4, -0.2) is 24.0 Å². The minimum Gasteiger partial charge on any atom is -0.357 e. The molecule has 4 nitrogen and oxygen atoms in total. The van der Waals surface area contributed by atoms with E-state index in [2.05, 4.69) is 15.2 Å². The number of carbonyl (C=O) groups excluding carboxylic acids is 1. The van der Waals surface area contributed by atoms with Crippen LogP contribution < -0.4 is 10.2 Å². The van der Waals surface area contributed by atoms with Crippen LogP contribution in [0.4, 0.5) is 14.6 Å². The Morgan fingerprint density at radius 2 is 1.84 bits per heavy atom. The number of pyridine rings is 1. The van der Waals surface area contributed by atoms with Crippen molar-refractivity contribution >= 4 is 11.7 Å². The van der Waals surface area contributed by atoms with Crippen LogP contribution in [0.1, 0.15) is 41.6 Å². The standard InChI is InChI=1S/C19H21F2N3O/c20-15-6-7-17(21)16(11-15)19(25)23-13-14-5-8-18(22-12-14)24-9-3-1-2-4-10-24/h5-8,11-12H,1-4,9-10,13H2,(H,23,25). The maximum atomic E-state index is 13.6. The molecule has 25 heavy (non-hydrogen) atoms. The first-order valence-corrected chi connectivity index (χ1v) is 8.56. The lowest BCUT2D eigenvalue weighted by atomic mass is 10.2. The fourth-order valence-corrected chi connectivity index (χ4v) is 2.96. The highest BCUT2D eigenvalue weighted by Gasteiger charge is 2.13. The third-order valence-electron chi connectivity index (χ3n) is 4.37. The highest BCUT2D eigenvalue weighted by molar-refractivity contribution is 5.94. The molecule has 1 aromatic heterocycles. The topological polar surface area (TPSA) is 45.2 Å². The second-order valence-electron chi connectivity index (χ2n) is 6.23. The zero-order valence-corrected chi connectivity index (χ0v) is 14.0. The van der Waals surface area contributed by atoms with E-state index in [0.717, 1.165) is 42.7 Å². The van der Waals surface area contributed by atoms with Crippen molar-refractivity contribution in [3.05, 3.63) is 59.3 Å². The molecule has 0 bridgehead atoms. The average molecular weight is 345 g/mol. The molecule has 0 spiro atoms. The normalized spacial score (nSPS) is 14.9. The monoisotopic (exact) mass is 345 g/mol. The molecule has 1 aliphatic rings. The number of carbonyl (C=O) groups is 1. The Kier molecular flexibility index (Phi) is 5.58. The van der Waals surface area contributed by atoms with Gasteiger partial charge in [-0.05, 0) is 42.7 Å². The molecule has 1 saturated heterocycles. The lowest BCUT2D eigenvalue weighted by molar-refractivity contribution is 0.0946. The number of amides is 1. The van der Waals surface area contributed by atoms with Crippen molar-refractivity contribution in [2.24, 2.45) is 0 Å². The van der Waals surface area contributed by atoms with Crippen molar-refractivity contribution in [3.8, 4) is 0 Å². The van der Waals surface area contributed by atoms with Crippen LogP contribution in [0.15, 0.2) is 36.5 Å². The number of anilines is 1. The third kappa shape index (κ3) is 4.53. The Labute approximate surface area is 145 Å². The Morgan fingerprint density at radius 1 is 1.08 bits per heavy atom. The fourth-order valence-electron chi connectivity index (χ4n) is 2.96. The highest BCUT2D eigenvalue weighted by atomic mass is 19.1. The van der Waals surface area contributed by atoms with E-state index in [1.165, 1.54) is 25.7 Å². The van der Waals surface area contributed by atoms with Gasteiger partial charge in [-0.2, -0.15) is 0 Å². The molecule has 2 aromatic rings. The summed E-state index contributed by atoms with van der Waals surface area (Å²) in [4.78, 5) is 18.7. The van der Waals surface area contributed by atoms with Gasteiger partial charge < -0.3 is 10.2 Å². The van der Waals surface area contributed by atoms with Crippen LogP contribution >= 0.6 is 0 Å². The van der Waals surface area contributed by atoms with Crippen LogP contribution in [0.5, 0.6) is 0 Å². The van der Waals surface area contributed by atoms with E-state index in [9.17, 15) is 13.6 Å². The predicted molar refractivity (Wildman–Crippen MR) is 92.4 cm³/mol. The number of nitrogens with zero attached hydrogens (tertiary/aromatic N) is 2. The van der Waals surface area contributed by atoms with Crippen molar-refractivity contribution in [2.75, 3.05) is 18.0 Å². The molecule has 1 amide bonds. The first-order valence-electron chi connectivity index (χ1n) is 8.56. The van der Waals surface area contributed by atoms with Crippen LogP contribution in [0.25, 0.3) is 0 Å². The molecule has 1 N–H and O–H groups in total. The van der Waals surface area contributed by atoms with Crippen LogP contribution in [0.3, 0.4) is 0 Å². The first kappa shape index (κ1) is 17.3. The molecular formula is C19H21F2N3O. The van der Waals surface area contributed by atoms with Gasteiger partial charge in [0, 0.05) is 25.8 Å². The summed E-state index contributed by atoms with van der Waals surface area (Å²) in [6, 6.07) is 6.66. The SMILES string of the molecule is O=C(NCc1ccc(N2CCCCCC2)nc1)c1cc(F)ccc1F. The van der Waals surface area contributed by atoms with Gasteiger partial charge in [0.1, 0.15) is 17.5 Å². The van der Waals surface area contributed by atoms with E-state index < -0.39 is 17.5 Å². The van der Waals surface area contributed by atoms with Crippen molar-refractivity contribution in [1.29, 1.82) is 0 Å². The minimum atomic E-state index is -0.742. The molecule has 1 aliphatic heterocycles. The number of rotatable bonds is 4. The zero-order chi connectivity index (χ0) is 17.6. The summed E-state index contributed by atoms with van der Waals surface area (Å²) in [6.45, 7) is 2.24. The van der Waals surface area contributed by atoms with Crippen molar-refractivity contribution < 1.29 is 13.6 Å². The molecule has 6 heteroatoms. The number of halogens is 2. The summed E-state index contributed by atoms with van der Waals surface area (Å²) in [5, 5.41) is 2.59. The number of hydrogen-bond acceptors (Lipinski definition) is 3. The first-order chi connectivity index (χ1) is 12.1. The van der Waals surface area contributed by atoms with Gasteiger partial charge in [-0.1, -0.05) is 18.9 Å². The molecule has 1 aromatic carbocycles. The molecule has 0 saturated carbocycles. The van der Waals surface area contributed by atoms with Gasteiger partial charge in [-0.15, -0.1) is 0 Å². The van der Waals surface area contributed by atoms with Crippen molar-refractivity contribution in [2.45, 2.75) is 32.2 Å². The van der Waals surface area contributed by atoms with Gasteiger partial charge in [0.05, 0.1) is 5.56 Å². The second kappa shape index (κ2) is 8.05. The average Bonchev–Trinajstić information content (AvgIpc) is 2.91. The van der Waals surface area contributed by atoms with Gasteiger partial charge in [0.15, 0.2) is 0 Å². The quantitative estimate of drug-likeness (QED) is 0.920. The summed E-state index contributed by atoms with van der Waals surface area (Å²) in [5.41, 5.74) is 0.512. The van der Waals surface area contributed by atoms with Gasteiger partial charge in [0.2, 0.25) is 0 Å². The van der Waals surface area contributed by atoms with Crippen molar-refractivity contribution in [1.82, 2.24) is 10.3 Å². The molecule has 0 unspecified atom stereocenters. The zero-order valence-electron chi connectivity index (χ0n) is 14.0. The van der Waals surface area contributed by atoms with Crippen LogP contribution in [0.2, 0.25) is 0 Å². The second-order valence-corrected chi connectivity index (χ2v) is 6.23. The van der Waals surface area contributed by atoms with Crippen molar-refractivity contribution in [3.63, 3.8) is 0 Å². The summed E-state index contributed by atoms with van der Waals surface area (Å²) in [6.07, 6.45) is 6.59. The molecule has 2 heterocycles. The number of nitrogens with one attached hydrogen (secondary N) is 1. The molecular weight excluding hydrogens is 324 g/mol.